The zero-order chi connectivity index (χ0) is 13.5. The molecule has 1 fully saturated rings. The standard InChI is InChI=1S/C15H32N2O/c1-5-13-6-8-14(9-7-13)17(3)15(10-16)12(2)11-18-4/h12-15H,5-11,16H2,1-4H3. The van der Waals surface area contributed by atoms with Crippen LogP contribution in [0.4, 0.5) is 0 Å². The van der Waals surface area contributed by atoms with Gasteiger partial charge in [-0.05, 0) is 44.6 Å². The minimum Gasteiger partial charge on any atom is -0.384 e. The maximum absolute atomic E-state index is 5.97. The number of nitrogens with two attached hydrogens (primary N) is 1. The molecule has 108 valence electrons. The Bertz CT molecular complexity index is 215. The molecule has 18 heavy (non-hydrogen) atoms. The summed E-state index contributed by atoms with van der Waals surface area (Å²) in [6.07, 6.45) is 6.80. The van der Waals surface area contributed by atoms with Gasteiger partial charge < -0.3 is 10.5 Å². The second-order valence-corrected chi connectivity index (χ2v) is 5.98. The lowest BCUT2D eigenvalue weighted by molar-refractivity contribution is 0.0581. The van der Waals surface area contributed by atoms with E-state index in [1.165, 1.54) is 32.1 Å². The fraction of sp³-hybridized carbons (Fsp3) is 1.00. The van der Waals surface area contributed by atoms with Crippen molar-refractivity contribution in [1.29, 1.82) is 0 Å². The van der Waals surface area contributed by atoms with E-state index in [1.54, 1.807) is 7.11 Å². The fourth-order valence-corrected chi connectivity index (χ4v) is 3.41. The molecule has 1 saturated carbocycles. The van der Waals surface area contributed by atoms with E-state index in [0.717, 1.165) is 25.1 Å². The van der Waals surface area contributed by atoms with Crippen molar-refractivity contribution in [2.24, 2.45) is 17.6 Å². The Morgan fingerprint density at radius 3 is 2.33 bits per heavy atom. The highest BCUT2D eigenvalue weighted by Crippen LogP contribution is 2.30. The number of methoxy groups -OCH3 is 1. The Balaban J connectivity index is 2.48. The summed E-state index contributed by atoms with van der Waals surface area (Å²) in [4.78, 5) is 2.52. The smallest absolute Gasteiger partial charge is 0.0503 e. The number of likely N-dealkylation sites (N-methyl/N-ethyl adjacent to an activating group) is 1. The highest BCUT2D eigenvalue weighted by Gasteiger charge is 2.29. The second-order valence-electron chi connectivity index (χ2n) is 5.98. The largest absolute Gasteiger partial charge is 0.384 e. The van der Waals surface area contributed by atoms with Gasteiger partial charge in [-0.15, -0.1) is 0 Å². The fourth-order valence-electron chi connectivity index (χ4n) is 3.41. The van der Waals surface area contributed by atoms with E-state index in [4.69, 9.17) is 10.5 Å². The average Bonchev–Trinajstić information content (AvgIpc) is 2.40. The zero-order valence-corrected chi connectivity index (χ0v) is 12.7. The average molecular weight is 256 g/mol. The van der Waals surface area contributed by atoms with Crippen molar-refractivity contribution in [3.63, 3.8) is 0 Å². The normalized spacial score (nSPS) is 28.3. The van der Waals surface area contributed by atoms with Gasteiger partial charge in [0.05, 0.1) is 6.61 Å². The van der Waals surface area contributed by atoms with Gasteiger partial charge in [-0.3, -0.25) is 4.90 Å². The Hall–Kier alpha value is -0.120. The zero-order valence-electron chi connectivity index (χ0n) is 12.7. The molecular weight excluding hydrogens is 224 g/mol. The van der Waals surface area contributed by atoms with Gasteiger partial charge in [0.15, 0.2) is 0 Å². The van der Waals surface area contributed by atoms with Crippen molar-refractivity contribution in [1.82, 2.24) is 4.90 Å². The summed E-state index contributed by atoms with van der Waals surface area (Å²) < 4.78 is 5.28. The minimum absolute atomic E-state index is 0.452. The van der Waals surface area contributed by atoms with Gasteiger partial charge in [0.25, 0.3) is 0 Å². The Labute approximate surface area is 113 Å². The van der Waals surface area contributed by atoms with Crippen LogP contribution in [0.5, 0.6) is 0 Å². The van der Waals surface area contributed by atoms with Gasteiger partial charge in [0.2, 0.25) is 0 Å². The molecule has 0 heterocycles. The topological polar surface area (TPSA) is 38.5 Å². The molecule has 2 unspecified atom stereocenters. The van der Waals surface area contributed by atoms with Gasteiger partial charge >= 0.3 is 0 Å². The van der Waals surface area contributed by atoms with E-state index in [2.05, 4.69) is 25.8 Å². The van der Waals surface area contributed by atoms with Gasteiger partial charge in [-0.25, -0.2) is 0 Å². The molecule has 0 aromatic rings. The molecule has 0 amide bonds. The van der Waals surface area contributed by atoms with E-state index in [0.29, 0.717) is 12.0 Å². The van der Waals surface area contributed by atoms with Crippen LogP contribution < -0.4 is 5.73 Å². The van der Waals surface area contributed by atoms with E-state index in [9.17, 15) is 0 Å². The Morgan fingerprint density at radius 2 is 1.89 bits per heavy atom. The van der Waals surface area contributed by atoms with Crippen LogP contribution in [0.3, 0.4) is 0 Å². The van der Waals surface area contributed by atoms with E-state index < -0.39 is 0 Å². The molecule has 0 spiro atoms. The Morgan fingerprint density at radius 1 is 1.28 bits per heavy atom. The van der Waals surface area contributed by atoms with Crippen LogP contribution in [0, 0.1) is 11.8 Å². The van der Waals surface area contributed by atoms with Crippen LogP contribution >= 0.6 is 0 Å². The third kappa shape index (κ3) is 4.22. The maximum atomic E-state index is 5.97. The first kappa shape index (κ1) is 15.9. The summed E-state index contributed by atoms with van der Waals surface area (Å²) in [7, 11) is 4.02. The van der Waals surface area contributed by atoms with Gasteiger partial charge in [-0.1, -0.05) is 20.3 Å². The number of rotatable bonds is 7. The third-order valence-electron chi connectivity index (χ3n) is 4.82. The van der Waals surface area contributed by atoms with Crippen molar-refractivity contribution in [3.8, 4) is 0 Å². The molecular formula is C15H32N2O. The number of hydrogen-bond donors (Lipinski definition) is 1. The van der Waals surface area contributed by atoms with Gasteiger partial charge in [-0.2, -0.15) is 0 Å². The van der Waals surface area contributed by atoms with Crippen LogP contribution in [0.15, 0.2) is 0 Å². The number of hydrogen-bond acceptors (Lipinski definition) is 3. The molecule has 2 atom stereocenters. The predicted molar refractivity (Wildman–Crippen MR) is 77.7 cm³/mol. The first-order valence-electron chi connectivity index (χ1n) is 7.54. The molecule has 1 aliphatic rings. The molecule has 0 radical (unpaired) electrons. The molecule has 3 heteroatoms. The predicted octanol–water partition coefficient (Wildman–Crippen LogP) is 2.50. The third-order valence-corrected chi connectivity index (χ3v) is 4.82. The van der Waals surface area contributed by atoms with Crippen LogP contribution in [0.25, 0.3) is 0 Å². The molecule has 0 saturated heterocycles. The van der Waals surface area contributed by atoms with Crippen LogP contribution in [-0.4, -0.2) is 44.3 Å². The molecule has 0 aromatic heterocycles. The highest BCUT2D eigenvalue weighted by molar-refractivity contribution is 4.84. The van der Waals surface area contributed by atoms with Crippen LogP contribution in [0.2, 0.25) is 0 Å². The molecule has 3 nitrogen and oxygen atoms in total. The minimum atomic E-state index is 0.452. The summed E-state index contributed by atoms with van der Waals surface area (Å²) in [6, 6.07) is 1.17. The second kappa shape index (κ2) is 8.13. The molecule has 0 bridgehead atoms. The summed E-state index contributed by atoms with van der Waals surface area (Å²) in [5.74, 6) is 1.47. The van der Waals surface area contributed by atoms with Gasteiger partial charge in [0, 0.05) is 25.7 Å². The SMILES string of the molecule is CCC1CCC(N(C)C(CN)C(C)COC)CC1. The Kier molecular flexibility index (Phi) is 7.20. The molecule has 1 aliphatic carbocycles. The number of ether oxygens (including phenoxy) is 1. The molecule has 0 aromatic carbocycles. The maximum Gasteiger partial charge on any atom is 0.0503 e. The van der Waals surface area contributed by atoms with Crippen molar-refractivity contribution in [3.05, 3.63) is 0 Å². The summed E-state index contributed by atoms with van der Waals surface area (Å²) in [6.45, 7) is 6.10. The van der Waals surface area contributed by atoms with E-state index in [-0.39, 0.29) is 0 Å². The van der Waals surface area contributed by atoms with E-state index in [1.807, 2.05) is 0 Å². The van der Waals surface area contributed by atoms with E-state index >= 15 is 0 Å². The summed E-state index contributed by atoms with van der Waals surface area (Å²) >= 11 is 0. The highest BCUT2D eigenvalue weighted by atomic mass is 16.5. The van der Waals surface area contributed by atoms with Crippen molar-refractivity contribution in [2.45, 2.75) is 58.0 Å². The first-order valence-corrected chi connectivity index (χ1v) is 7.54. The lowest BCUT2D eigenvalue weighted by Crippen LogP contribution is -2.49. The van der Waals surface area contributed by atoms with Crippen LogP contribution in [0.1, 0.15) is 46.0 Å². The van der Waals surface area contributed by atoms with Crippen molar-refractivity contribution >= 4 is 0 Å². The monoisotopic (exact) mass is 256 g/mol. The first-order chi connectivity index (χ1) is 8.63. The molecule has 0 aliphatic heterocycles. The summed E-state index contributed by atoms with van der Waals surface area (Å²) in [5.41, 5.74) is 5.97. The number of nitrogens with zero attached hydrogens (tertiary/aromatic N) is 1. The van der Waals surface area contributed by atoms with Gasteiger partial charge in [0.1, 0.15) is 0 Å². The lowest BCUT2D eigenvalue weighted by Gasteiger charge is -2.40. The molecule has 1 rings (SSSR count). The summed E-state index contributed by atoms with van der Waals surface area (Å²) in [5, 5.41) is 0. The quantitative estimate of drug-likeness (QED) is 0.760. The van der Waals surface area contributed by atoms with Crippen LogP contribution in [-0.2, 0) is 4.74 Å². The van der Waals surface area contributed by atoms with Crippen molar-refractivity contribution < 1.29 is 4.74 Å². The lowest BCUT2D eigenvalue weighted by atomic mass is 9.83. The van der Waals surface area contributed by atoms with Crippen molar-refractivity contribution in [2.75, 3.05) is 27.3 Å². The molecule has 2 N–H and O–H groups in total.